The fraction of sp³-hybridized carbons (Fsp3) is 0.259. The van der Waals surface area contributed by atoms with Crippen LogP contribution in [0.15, 0.2) is 60.7 Å². The van der Waals surface area contributed by atoms with Gasteiger partial charge in [0, 0.05) is 35.2 Å². The molecule has 7 heteroatoms. The zero-order valence-electron chi connectivity index (χ0n) is 18.8. The molecule has 172 valence electrons. The summed E-state index contributed by atoms with van der Waals surface area (Å²) >= 11 is 0. The van der Waals surface area contributed by atoms with E-state index < -0.39 is 5.97 Å². The molecule has 2 aliphatic heterocycles. The van der Waals surface area contributed by atoms with Gasteiger partial charge in [0.2, 0.25) is 0 Å². The van der Waals surface area contributed by atoms with E-state index in [0.717, 1.165) is 57.3 Å². The first-order valence-electron chi connectivity index (χ1n) is 11.6. The van der Waals surface area contributed by atoms with Crippen LogP contribution in [0.25, 0.3) is 16.7 Å². The number of anilines is 1. The minimum Gasteiger partial charge on any atom is -0.493 e. The fourth-order valence-corrected chi connectivity index (χ4v) is 5.06. The molecular formula is C27H25N3O4. The lowest BCUT2D eigenvalue weighted by molar-refractivity contribution is -0.137. The number of fused-ring (bicyclic) bond motifs is 3. The monoisotopic (exact) mass is 455 g/mol. The quantitative estimate of drug-likeness (QED) is 0.422. The minimum atomic E-state index is -0.809. The number of carboxylic acid groups (broad SMARTS) is 1. The van der Waals surface area contributed by atoms with Crippen molar-refractivity contribution in [3.8, 4) is 17.2 Å². The van der Waals surface area contributed by atoms with Gasteiger partial charge in [0.25, 0.3) is 0 Å². The third-order valence-electron chi connectivity index (χ3n) is 6.64. The van der Waals surface area contributed by atoms with Crippen LogP contribution in [0.5, 0.6) is 11.5 Å². The zero-order chi connectivity index (χ0) is 23.2. The van der Waals surface area contributed by atoms with Crippen molar-refractivity contribution in [2.45, 2.75) is 31.7 Å². The van der Waals surface area contributed by atoms with Gasteiger partial charge in [-0.1, -0.05) is 37.3 Å². The Labute approximate surface area is 197 Å². The molecule has 0 fully saturated rings. The number of ether oxygens (including phenoxy) is 2. The van der Waals surface area contributed by atoms with Crippen molar-refractivity contribution in [3.05, 3.63) is 77.6 Å². The molecule has 0 bridgehead atoms. The van der Waals surface area contributed by atoms with Crippen molar-refractivity contribution in [3.63, 3.8) is 0 Å². The molecule has 2 N–H and O–H groups in total. The Morgan fingerprint density at radius 3 is 2.82 bits per heavy atom. The highest BCUT2D eigenvalue weighted by Gasteiger charge is 2.30. The summed E-state index contributed by atoms with van der Waals surface area (Å²) in [6, 6.07) is 20.3. The van der Waals surface area contributed by atoms with Gasteiger partial charge in [-0.25, -0.2) is 4.98 Å². The molecule has 6 rings (SSSR count). The second kappa shape index (κ2) is 8.09. The number of carboxylic acids is 1. The SMILES string of the molecule is CCc1nc2ccccc2n1-c1cccc2c1OC[C@@H]2Nc1ccc2c(c1)OC[C@H]2CC(=O)O. The first-order chi connectivity index (χ1) is 16.6. The van der Waals surface area contributed by atoms with Crippen LogP contribution in [0.1, 0.15) is 42.3 Å². The molecule has 4 aromatic rings. The summed E-state index contributed by atoms with van der Waals surface area (Å²) in [4.78, 5) is 15.9. The van der Waals surface area contributed by atoms with Gasteiger partial charge in [-0.15, -0.1) is 0 Å². The van der Waals surface area contributed by atoms with Crippen molar-refractivity contribution >= 4 is 22.7 Å². The number of para-hydroxylation sites is 3. The molecule has 0 aliphatic carbocycles. The number of rotatable bonds is 6. The number of aliphatic carboxylic acids is 1. The zero-order valence-corrected chi connectivity index (χ0v) is 18.8. The van der Waals surface area contributed by atoms with Gasteiger partial charge < -0.3 is 19.9 Å². The Bertz CT molecular complexity index is 1410. The molecular weight excluding hydrogens is 430 g/mol. The van der Waals surface area contributed by atoms with Gasteiger partial charge in [0.05, 0.1) is 35.8 Å². The van der Waals surface area contributed by atoms with Crippen molar-refractivity contribution in [1.82, 2.24) is 9.55 Å². The Morgan fingerprint density at radius 1 is 1.09 bits per heavy atom. The predicted molar refractivity (Wildman–Crippen MR) is 129 cm³/mol. The maximum atomic E-state index is 11.1. The Balaban J connectivity index is 1.31. The summed E-state index contributed by atoms with van der Waals surface area (Å²) in [7, 11) is 0. The van der Waals surface area contributed by atoms with Crippen LogP contribution in [0.4, 0.5) is 5.69 Å². The summed E-state index contributed by atoms with van der Waals surface area (Å²) in [5.74, 6) is 1.72. The molecule has 2 atom stereocenters. The van der Waals surface area contributed by atoms with Gasteiger partial charge in [-0.05, 0) is 24.3 Å². The molecule has 0 saturated heterocycles. The van der Waals surface area contributed by atoms with Crippen molar-refractivity contribution in [2.75, 3.05) is 18.5 Å². The van der Waals surface area contributed by atoms with E-state index in [1.807, 2.05) is 36.4 Å². The van der Waals surface area contributed by atoms with E-state index in [1.54, 1.807) is 0 Å². The van der Waals surface area contributed by atoms with Crippen LogP contribution in [0.2, 0.25) is 0 Å². The first kappa shape index (κ1) is 20.6. The van der Waals surface area contributed by atoms with Crippen molar-refractivity contribution in [2.24, 2.45) is 0 Å². The second-order valence-electron chi connectivity index (χ2n) is 8.77. The number of aryl methyl sites for hydroxylation is 1. The number of nitrogens with one attached hydrogen (secondary N) is 1. The van der Waals surface area contributed by atoms with Crippen LogP contribution >= 0.6 is 0 Å². The summed E-state index contributed by atoms with van der Waals surface area (Å²) in [5.41, 5.74) is 6.02. The molecule has 0 amide bonds. The van der Waals surface area contributed by atoms with E-state index in [4.69, 9.17) is 19.6 Å². The molecule has 0 saturated carbocycles. The molecule has 3 heterocycles. The van der Waals surface area contributed by atoms with Crippen molar-refractivity contribution in [1.29, 1.82) is 0 Å². The van der Waals surface area contributed by atoms with Crippen LogP contribution in [-0.2, 0) is 11.2 Å². The second-order valence-corrected chi connectivity index (χ2v) is 8.77. The van der Waals surface area contributed by atoms with Crippen LogP contribution in [0.3, 0.4) is 0 Å². The number of aromatic nitrogens is 2. The smallest absolute Gasteiger partial charge is 0.304 e. The maximum Gasteiger partial charge on any atom is 0.304 e. The summed E-state index contributed by atoms with van der Waals surface area (Å²) < 4.78 is 14.2. The summed E-state index contributed by atoms with van der Waals surface area (Å²) in [6.45, 7) is 3.03. The van der Waals surface area contributed by atoms with Gasteiger partial charge in [0.15, 0.2) is 0 Å². The fourth-order valence-electron chi connectivity index (χ4n) is 5.06. The van der Waals surface area contributed by atoms with E-state index in [9.17, 15) is 4.79 Å². The highest BCUT2D eigenvalue weighted by Crippen LogP contribution is 2.42. The van der Waals surface area contributed by atoms with Crippen LogP contribution < -0.4 is 14.8 Å². The first-order valence-corrected chi connectivity index (χ1v) is 11.6. The van der Waals surface area contributed by atoms with E-state index in [0.29, 0.717) is 13.2 Å². The van der Waals surface area contributed by atoms with Gasteiger partial charge >= 0.3 is 5.97 Å². The highest BCUT2D eigenvalue weighted by molar-refractivity contribution is 5.79. The molecule has 2 aliphatic rings. The minimum absolute atomic E-state index is 0.0101. The Kier molecular flexibility index (Phi) is 4.90. The standard InChI is InChI=1S/C27H25N3O4/c1-2-25-29-20-7-3-4-8-22(20)30(25)23-9-5-6-19-21(15-34-27(19)23)28-17-10-11-18-16(12-26(31)32)14-33-24(18)13-17/h3-11,13,16,21,28H,2,12,14-15H2,1H3,(H,31,32)/t16-,21+/m1/s1. The predicted octanol–water partition coefficient (Wildman–Crippen LogP) is 5.08. The molecule has 34 heavy (non-hydrogen) atoms. The van der Waals surface area contributed by atoms with E-state index >= 15 is 0 Å². The summed E-state index contributed by atoms with van der Waals surface area (Å²) in [6.07, 6.45) is 0.896. The number of carbonyl (C=O) groups is 1. The Morgan fingerprint density at radius 2 is 1.97 bits per heavy atom. The van der Waals surface area contributed by atoms with Crippen molar-refractivity contribution < 1.29 is 19.4 Å². The number of nitrogens with zero attached hydrogens (tertiary/aromatic N) is 2. The Hall–Kier alpha value is -4.00. The number of hydrogen-bond donors (Lipinski definition) is 2. The lowest BCUT2D eigenvalue weighted by Crippen LogP contribution is -2.11. The van der Waals surface area contributed by atoms with E-state index in [-0.39, 0.29) is 18.4 Å². The normalized spacial score (nSPS) is 18.3. The number of hydrogen-bond acceptors (Lipinski definition) is 5. The third-order valence-corrected chi connectivity index (χ3v) is 6.64. The third kappa shape index (κ3) is 3.36. The highest BCUT2D eigenvalue weighted by atomic mass is 16.5. The average molecular weight is 456 g/mol. The van der Waals surface area contributed by atoms with E-state index in [2.05, 4.69) is 41.1 Å². The van der Waals surface area contributed by atoms with Crippen LogP contribution in [-0.4, -0.2) is 33.8 Å². The lowest BCUT2D eigenvalue weighted by atomic mass is 9.97. The number of imidazole rings is 1. The molecule has 0 spiro atoms. The van der Waals surface area contributed by atoms with Crippen LogP contribution in [0, 0.1) is 0 Å². The molecule has 0 unspecified atom stereocenters. The average Bonchev–Trinajstić information content (AvgIpc) is 3.54. The number of benzene rings is 3. The van der Waals surface area contributed by atoms with Gasteiger partial charge in [0.1, 0.15) is 23.9 Å². The summed E-state index contributed by atoms with van der Waals surface area (Å²) in [5, 5.41) is 12.7. The van der Waals surface area contributed by atoms with E-state index in [1.165, 1.54) is 0 Å². The largest absolute Gasteiger partial charge is 0.493 e. The lowest BCUT2D eigenvalue weighted by Gasteiger charge is -2.15. The molecule has 0 radical (unpaired) electrons. The molecule has 1 aromatic heterocycles. The topological polar surface area (TPSA) is 85.6 Å². The molecule has 3 aromatic carbocycles. The van der Waals surface area contributed by atoms with Gasteiger partial charge in [-0.2, -0.15) is 0 Å². The van der Waals surface area contributed by atoms with Gasteiger partial charge in [-0.3, -0.25) is 9.36 Å². The molecule has 7 nitrogen and oxygen atoms in total. The maximum absolute atomic E-state index is 11.1.